The SMILES string of the molecule is Cl.Cl.O=C(NC[C@H]1[C@@H]2CNC[C@@H](C2)c2cccc(=O)n21)c1ccc(Cn2ccnc2)o1. The summed E-state index contributed by atoms with van der Waals surface area (Å²) < 4.78 is 9.45. The Morgan fingerprint density at radius 3 is 2.90 bits per heavy atom. The first-order chi connectivity index (χ1) is 14.2. The number of carbonyl (C=O) groups is 1. The molecular formula is C21H25Cl2N5O3. The lowest BCUT2D eigenvalue weighted by Gasteiger charge is -2.43. The van der Waals surface area contributed by atoms with Crippen molar-refractivity contribution in [2.75, 3.05) is 19.6 Å². The lowest BCUT2D eigenvalue weighted by Crippen LogP contribution is -2.50. The molecule has 3 atom stereocenters. The summed E-state index contributed by atoms with van der Waals surface area (Å²) in [4.78, 5) is 29.2. The summed E-state index contributed by atoms with van der Waals surface area (Å²) in [5.41, 5.74) is 1.06. The van der Waals surface area contributed by atoms with Crippen molar-refractivity contribution in [3.05, 3.63) is 76.6 Å². The molecule has 0 radical (unpaired) electrons. The largest absolute Gasteiger partial charge is 0.454 e. The van der Waals surface area contributed by atoms with Gasteiger partial charge in [-0.2, -0.15) is 0 Å². The summed E-state index contributed by atoms with van der Waals surface area (Å²) in [7, 11) is 0. The van der Waals surface area contributed by atoms with E-state index < -0.39 is 0 Å². The van der Waals surface area contributed by atoms with Crippen molar-refractivity contribution in [3.8, 4) is 0 Å². The number of furan rings is 1. The minimum Gasteiger partial charge on any atom is -0.454 e. The molecule has 0 aromatic carbocycles. The first kappa shape index (κ1) is 23.1. The second-order valence-electron chi connectivity index (χ2n) is 7.79. The summed E-state index contributed by atoms with van der Waals surface area (Å²) in [6.45, 7) is 2.67. The molecule has 2 aliphatic heterocycles. The molecule has 0 spiro atoms. The average molecular weight is 466 g/mol. The van der Waals surface area contributed by atoms with Crippen LogP contribution in [0.2, 0.25) is 0 Å². The van der Waals surface area contributed by atoms with Crippen LogP contribution in [0.5, 0.6) is 0 Å². The summed E-state index contributed by atoms with van der Waals surface area (Å²) in [6, 6.07) is 8.86. The molecule has 31 heavy (non-hydrogen) atoms. The molecule has 2 N–H and O–H groups in total. The number of hydrogen-bond acceptors (Lipinski definition) is 5. The normalized spacial score (nSPS) is 21.4. The molecular weight excluding hydrogens is 441 g/mol. The molecule has 10 heteroatoms. The molecule has 0 aliphatic carbocycles. The number of nitrogens with one attached hydrogen (secondary N) is 2. The van der Waals surface area contributed by atoms with E-state index in [4.69, 9.17) is 4.42 Å². The van der Waals surface area contributed by atoms with Gasteiger partial charge in [0.15, 0.2) is 5.76 Å². The Morgan fingerprint density at radius 1 is 1.23 bits per heavy atom. The average Bonchev–Trinajstić information content (AvgIpc) is 3.41. The molecule has 5 rings (SSSR count). The predicted molar refractivity (Wildman–Crippen MR) is 120 cm³/mol. The predicted octanol–water partition coefficient (Wildman–Crippen LogP) is 2.21. The van der Waals surface area contributed by atoms with E-state index in [1.807, 2.05) is 27.5 Å². The summed E-state index contributed by atoms with van der Waals surface area (Å²) >= 11 is 0. The van der Waals surface area contributed by atoms with Crippen molar-refractivity contribution < 1.29 is 9.21 Å². The van der Waals surface area contributed by atoms with Crippen molar-refractivity contribution >= 4 is 30.7 Å². The van der Waals surface area contributed by atoms with Gasteiger partial charge in [0.05, 0.1) is 18.9 Å². The number of rotatable bonds is 5. The van der Waals surface area contributed by atoms with Crippen LogP contribution in [0.4, 0.5) is 0 Å². The topological polar surface area (TPSA) is 94.1 Å². The second-order valence-corrected chi connectivity index (χ2v) is 7.79. The number of carbonyl (C=O) groups excluding carboxylic acids is 1. The zero-order chi connectivity index (χ0) is 19.8. The second kappa shape index (κ2) is 9.72. The van der Waals surface area contributed by atoms with E-state index in [0.29, 0.717) is 30.7 Å². The van der Waals surface area contributed by atoms with Gasteiger partial charge in [-0.1, -0.05) is 6.07 Å². The monoisotopic (exact) mass is 465 g/mol. The van der Waals surface area contributed by atoms with E-state index >= 15 is 0 Å². The van der Waals surface area contributed by atoms with Gasteiger partial charge in [0.1, 0.15) is 5.76 Å². The van der Waals surface area contributed by atoms with E-state index in [1.54, 1.807) is 30.7 Å². The number of fused-ring (bicyclic) bond motifs is 4. The van der Waals surface area contributed by atoms with E-state index in [1.165, 1.54) is 0 Å². The molecule has 1 fully saturated rings. The lowest BCUT2D eigenvalue weighted by molar-refractivity contribution is 0.0902. The lowest BCUT2D eigenvalue weighted by atomic mass is 9.79. The van der Waals surface area contributed by atoms with E-state index in [9.17, 15) is 9.59 Å². The highest BCUT2D eigenvalue weighted by Crippen LogP contribution is 2.38. The van der Waals surface area contributed by atoms with Crippen molar-refractivity contribution in [2.45, 2.75) is 24.9 Å². The van der Waals surface area contributed by atoms with E-state index in [0.717, 1.165) is 25.2 Å². The minimum atomic E-state index is -0.265. The number of pyridine rings is 1. The molecule has 1 amide bonds. The molecule has 166 valence electrons. The molecule has 0 saturated carbocycles. The highest BCUT2D eigenvalue weighted by molar-refractivity contribution is 5.91. The Hall–Kier alpha value is -2.55. The standard InChI is InChI=1S/C21H23N5O3.2ClH/c27-20-3-1-2-17-14-8-15(10-23-9-14)18(26(17)20)11-24-21(28)19-5-4-16(29-19)12-25-7-6-22-13-25;;/h1-7,13-15,18,23H,8-12H2,(H,24,28);2*1H/t14-,15+,18+;;/m1../s1. The minimum absolute atomic E-state index is 0. The quantitative estimate of drug-likeness (QED) is 0.602. The molecule has 5 heterocycles. The number of hydrogen-bond donors (Lipinski definition) is 2. The number of amides is 1. The highest BCUT2D eigenvalue weighted by Gasteiger charge is 2.37. The molecule has 8 nitrogen and oxygen atoms in total. The highest BCUT2D eigenvalue weighted by atomic mass is 35.5. The van der Waals surface area contributed by atoms with Crippen molar-refractivity contribution in [3.63, 3.8) is 0 Å². The maximum Gasteiger partial charge on any atom is 0.287 e. The van der Waals surface area contributed by atoms with Crippen LogP contribution < -0.4 is 16.2 Å². The molecule has 2 aliphatic rings. The fraction of sp³-hybridized carbons (Fsp3) is 0.381. The Bertz CT molecular complexity index is 1080. The molecule has 3 aromatic rings. The van der Waals surface area contributed by atoms with Gasteiger partial charge >= 0.3 is 0 Å². The Morgan fingerprint density at radius 2 is 2.10 bits per heavy atom. The number of nitrogens with zero attached hydrogens (tertiary/aromatic N) is 3. The van der Waals surface area contributed by atoms with Gasteiger partial charge in [-0.25, -0.2) is 4.98 Å². The Kier molecular flexibility index (Phi) is 7.25. The van der Waals surface area contributed by atoms with Gasteiger partial charge in [0.25, 0.3) is 11.5 Å². The van der Waals surface area contributed by atoms with Crippen LogP contribution in [-0.2, 0) is 6.54 Å². The molecule has 1 saturated heterocycles. The van der Waals surface area contributed by atoms with Crippen molar-refractivity contribution in [1.29, 1.82) is 0 Å². The zero-order valence-electron chi connectivity index (χ0n) is 16.8. The molecule has 0 unspecified atom stereocenters. The number of piperidine rings is 1. The van der Waals surface area contributed by atoms with Crippen LogP contribution in [0, 0.1) is 5.92 Å². The van der Waals surface area contributed by atoms with Gasteiger partial charge in [-0.05, 0) is 30.5 Å². The van der Waals surface area contributed by atoms with Crippen LogP contribution in [0.1, 0.15) is 40.4 Å². The van der Waals surface area contributed by atoms with Gasteiger partial charge in [0.2, 0.25) is 0 Å². The maximum absolute atomic E-state index is 12.6. The first-order valence-corrected chi connectivity index (χ1v) is 9.94. The third-order valence-corrected chi connectivity index (χ3v) is 5.95. The van der Waals surface area contributed by atoms with Crippen LogP contribution in [-0.4, -0.2) is 39.7 Å². The number of aromatic nitrogens is 3. The smallest absolute Gasteiger partial charge is 0.287 e. The van der Waals surface area contributed by atoms with E-state index in [2.05, 4.69) is 15.6 Å². The van der Waals surface area contributed by atoms with Gasteiger partial charge in [0, 0.05) is 49.7 Å². The zero-order valence-corrected chi connectivity index (χ0v) is 18.4. The van der Waals surface area contributed by atoms with Crippen LogP contribution in [0.25, 0.3) is 0 Å². The fourth-order valence-electron chi connectivity index (χ4n) is 4.60. The first-order valence-electron chi connectivity index (χ1n) is 9.94. The van der Waals surface area contributed by atoms with Crippen LogP contribution in [0.3, 0.4) is 0 Å². The summed E-state index contributed by atoms with van der Waals surface area (Å²) in [5.74, 6) is 1.36. The number of halogens is 2. The Labute approximate surface area is 191 Å². The third kappa shape index (κ3) is 4.56. The van der Waals surface area contributed by atoms with Gasteiger partial charge in [-0.3, -0.25) is 9.59 Å². The Balaban J connectivity index is 0.00000136. The van der Waals surface area contributed by atoms with E-state index in [-0.39, 0.29) is 48.1 Å². The van der Waals surface area contributed by atoms with Gasteiger partial charge < -0.3 is 24.2 Å². The summed E-state index contributed by atoms with van der Waals surface area (Å²) in [6.07, 6.45) is 6.27. The molecule has 2 bridgehead atoms. The van der Waals surface area contributed by atoms with Crippen LogP contribution >= 0.6 is 24.8 Å². The fourth-order valence-corrected chi connectivity index (χ4v) is 4.60. The maximum atomic E-state index is 12.6. The van der Waals surface area contributed by atoms with Crippen LogP contribution in [0.15, 0.2) is 58.3 Å². The van der Waals surface area contributed by atoms with Crippen molar-refractivity contribution in [2.24, 2.45) is 5.92 Å². The number of imidazole rings is 1. The third-order valence-electron chi connectivity index (χ3n) is 5.95. The summed E-state index contributed by atoms with van der Waals surface area (Å²) in [5, 5.41) is 6.44. The van der Waals surface area contributed by atoms with Crippen molar-refractivity contribution in [1.82, 2.24) is 24.8 Å². The molecule has 3 aromatic heterocycles. The van der Waals surface area contributed by atoms with Gasteiger partial charge in [-0.15, -0.1) is 24.8 Å².